The molecule has 0 fully saturated rings. The van der Waals surface area contributed by atoms with Gasteiger partial charge in [0.1, 0.15) is 6.29 Å². The Bertz CT molecular complexity index is 851. The van der Waals surface area contributed by atoms with E-state index in [0.717, 1.165) is 30.5 Å². The Hall–Kier alpha value is -2.87. The number of carbonyl (C=O) groups excluding carboxylic acids is 1. The number of para-hydroxylation sites is 2. The molecule has 1 aliphatic carbocycles. The van der Waals surface area contributed by atoms with Crippen molar-refractivity contribution in [3.63, 3.8) is 0 Å². The van der Waals surface area contributed by atoms with E-state index in [4.69, 9.17) is 0 Å². The molecule has 0 saturated carbocycles. The predicted molar refractivity (Wildman–Crippen MR) is 116 cm³/mol. The number of aldehydes is 1. The Morgan fingerprint density at radius 2 is 1.46 bits per heavy atom. The number of benzene rings is 3. The minimum Gasteiger partial charge on any atom is -0.331 e. The summed E-state index contributed by atoms with van der Waals surface area (Å²) < 4.78 is 0. The van der Waals surface area contributed by atoms with Crippen molar-refractivity contribution < 1.29 is 4.79 Å². The van der Waals surface area contributed by atoms with Crippen LogP contribution in [0.25, 0.3) is 0 Å². The Kier molecular flexibility index (Phi) is 5.86. The lowest BCUT2D eigenvalue weighted by Crippen LogP contribution is -2.33. The topological polar surface area (TPSA) is 20.3 Å². The van der Waals surface area contributed by atoms with Gasteiger partial charge >= 0.3 is 0 Å². The van der Waals surface area contributed by atoms with Crippen LogP contribution < -0.4 is 4.90 Å². The van der Waals surface area contributed by atoms with Crippen molar-refractivity contribution in [2.75, 3.05) is 4.90 Å². The summed E-state index contributed by atoms with van der Waals surface area (Å²) >= 11 is 0. The van der Waals surface area contributed by atoms with Crippen LogP contribution in [0, 0.1) is 0 Å². The molecule has 0 radical (unpaired) electrons. The van der Waals surface area contributed by atoms with Crippen molar-refractivity contribution in [1.82, 2.24) is 0 Å². The number of anilines is 2. The third-order valence-electron chi connectivity index (χ3n) is 5.86. The molecule has 2 unspecified atom stereocenters. The lowest BCUT2D eigenvalue weighted by Gasteiger charge is -2.32. The van der Waals surface area contributed by atoms with E-state index in [-0.39, 0.29) is 6.04 Å². The molecule has 28 heavy (non-hydrogen) atoms. The SMILES string of the molecule is O=CC(CCC1CCCc2ccccc21)N(c1ccccc1)c1ccccc1. The number of fused-ring (bicyclic) bond motifs is 1. The van der Waals surface area contributed by atoms with Crippen molar-refractivity contribution in [3.05, 3.63) is 96.1 Å². The van der Waals surface area contributed by atoms with Crippen LogP contribution in [0.5, 0.6) is 0 Å². The van der Waals surface area contributed by atoms with Crippen LogP contribution in [-0.2, 0) is 11.2 Å². The van der Waals surface area contributed by atoms with Crippen LogP contribution in [0.15, 0.2) is 84.9 Å². The third-order valence-corrected chi connectivity index (χ3v) is 5.86. The highest BCUT2D eigenvalue weighted by molar-refractivity contribution is 5.74. The van der Waals surface area contributed by atoms with Gasteiger partial charge in [-0.05, 0) is 73.4 Å². The fourth-order valence-corrected chi connectivity index (χ4v) is 4.49. The zero-order chi connectivity index (χ0) is 19.2. The van der Waals surface area contributed by atoms with Crippen molar-refractivity contribution >= 4 is 17.7 Å². The molecule has 4 rings (SSSR count). The van der Waals surface area contributed by atoms with Crippen molar-refractivity contribution in [3.8, 4) is 0 Å². The van der Waals surface area contributed by atoms with Gasteiger partial charge in [0.05, 0.1) is 6.04 Å². The average molecular weight is 370 g/mol. The van der Waals surface area contributed by atoms with E-state index in [9.17, 15) is 4.79 Å². The van der Waals surface area contributed by atoms with Crippen LogP contribution in [0.4, 0.5) is 11.4 Å². The molecule has 0 N–H and O–H groups in total. The summed E-state index contributed by atoms with van der Waals surface area (Å²) in [5, 5.41) is 0. The first kappa shape index (κ1) is 18.5. The molecule has 0 amide bonds. The normalized spacial score (nSPS) is 16.8. The number of nitrogens with zero attached hydrogens (tertiary/aromatic N) is 1. The van der Waals surface area contributed by atoms with Crippen molar-refractivity contribution in [2.45, 2.75) is 44.1 Å². The lowest BCUT2D eigenvalue weighted by molar-refractivity contribution is -0.109. The van der Waals surface area contributed by atoms with Gasteiger partial charge in [-0.1, -0.05) is 60.7 Å². The number of rotatable bonds is 7. The third kappa shape index (κ3) is 4.01. The fourth-order valence-electron chi connectivity index (χ4n) is 4.49. The Balaban J connectivity index is 1.57. The number of hydrogen-bond acceptors (Lipinski definition) is 2. The van der Waals surface area contributed by atoms with Crippen LogP contribution in [-0.4, -0.2) is 12.3 Å². The predicted octanol–water partition coefficient (Wildman–Crippen LogP) is 6.29. The van der Waals surface area contributed by atoms with Crippen molar-refractivity contribution in [1.29, 1.82) is 0 Å². The molecule has 0 bridgehead atoms. The first-order valence-electron chi connectivity index (χ1n) is 10.3. The Morgan fingerprint density at radius 1 is 0.857 bits per heavy atom. The summed E-state index contributed by atoms with van der Waals surface area (Å²) in [6.45, 7) is 0. The van der Waals surface area contributed by atoms with Crippen LogP contribution in [0.3, 0.4) is 0 Å². The van der Waals surface area contributed by atoms with Gasteiger partial charge in [-0.2, -0.15) is 0 Å². The molecular formula is C26H27NO. The second-order valence-electron chi connectivity index (χ2n) is 7.61. The zero-order valence-electron chi connectivity index (χ0n) is 16.2. The van der Waals surface area contributed by atoms with Crippen molar-refractivity contribution in [2.24, 2.45) is 0 Å². The summed E-state index contributed by atoms with van der Waals surface area (Å²) in [5.74, 6) is 0.556. The summed E-state index contributed by atoms with van der Waals surface area (Å²) in [6.07, 6.45) is 6.66. The summed E-state index contributed by atoms with van der Waals surface area (Å²) in [4.78, 5) is 14.4. The van der Waals surface area contributed by atoms with E-state index in [1.165, 1.54) is 30.4 Å². The van der Waals surface area contributed by atoms with Gasteiger partial charge in [0.2, 0.25) is 0 Å². The molecule has 142 valence electrons. The van der Waals surface area contributed by atoms with E-state index < -0.39 is 0 Å². The first-order valence-corrected chi connectivity index (χ1v) is 10.3. The monoisotopic (exact) mass is 369 g/mol. The number of aryl methyl sites for hydroxylation is 1. The van der Waals surface area contributed by atoms with E-state index in [1.54, 1.807) is 0 Å². The van der Waals surface area contributed by atoms with Crippen LogP contribution >= 0.6 is 0 Å². The molecule has 0 spiro atoms. The maximum absolute atomic E-state index is 12.2. The highest BCUT2D eigenvalue weighted by atomic mass is 16.1. The molecule has 2 heteroatoms. The van der Waals surface area contributed by atoms with Gasteiger partial charge in [0.15, 0.2) is 0 Å². The van der Waals surface area contributed by atoms with E-state index in [0.29, 0.717) is 5.92 Å². The van der Waals surface area contributed by atoms with Gasteiger partial charge in [0.25, 0.3) is 0 Å². The maximum atomic E-state index is 12.2. The maximum Gasteiger partial charge on any atom is 0.142 e. The smallest absolute Gasteiger partial charge is 0.142 e. The Morgan fingerprint density at radius 3 is 2.11 bits per heavy atom. The molecule has 2 atom stereocenters. The fraction of sp³-hybridized carbons (Fsp3) is 0.269. The largest absolute Gasteiger partial charge is 0.331 e. The van der Waals surface area contributed by atoms with Gasteiger partial charge in [0, 0.05) is 11.4 Å². The standard InChI is InChI=1S/C26H27NO/c28-20-25(19-18-22-12-9-11-21-10-7-8-17-26(21)22)27(23-13-3-1-4-14-23)24-15-5-2-6-16-24/h1-8,10,13-17,20,22,25H,9,11-12,18-19H2. The molecule has 0 saturated heterocycles. The van der Waals surface area contributed by atoms with E-state index in [1.807, 2.05) is 36.4 Å². The van der Waals surface area contributed by atoms with E-state index in [2.05, 4.69) is 53.4 Å². The van der Waals surface area contributed by atoms with E-state index >= 15 is 0 Å². The summed E-state index contributed by atoms with van der Waals surface area (Å²) in [6, 6.07) is 29.2. The molecule has 3 aromatic rings. The second kappa shape index (κ2) is 8.88. The average Bonchev–Trinajstić information content (AvgIpc) is 2.78. The molecule has 1 aliphatic rings. The minimum absolute atomic E-state index is 0.168. The lowest BCUT2D eigenvalue weighted by atomic mass is 9.80. The van der Waals surface area contributed by atoms with Crippen LogP contribution in [0.1, 0.15) is 42.7 Å². The van der Waals surface area contributed by atoms with Gasteiger partial charge < -0.3 is 9.69 Å². The quantitative estimate of drug-likeness (QED) is 0.456. The molecule has 0 heterocycles. The molecular weight excluding hydrogens is 342 g/mol. The van der Waals surface area contributed by atoms with Gasteiger partial charge in [-0.3, -0.25) is 0 Å². The molecule has 3 aromatic carbocycles. The minimum atomic E-state index is -0.168. The van der Waals surface area contributed by atoms with Crippen LogP contribution in [0.2, 0.25) is 0 Å². The highest BCUT2D eigenvalue weighted by Gasteiger charge is 2.24. The number of hydrogen-bond donors (Lipinski definition) is 0. The highest BCUT2D eigenvalue weighted by Crippen LogP contribution is 2.36. The summed E-state index contributed by atoms with van der Waals surface area (Å²) in [5.41, 5.74) is 5.11. The molecule has 0 aromatic heterocycles. The van der Waals surface area contributed by atoms with Gasteiger partial charge in [-0.25, -0.2) is 0 Å². The number of carbonyl (C=O) groups is 1. The second-order valence-corrected chi connectivity index (χ2v) is 7.61. The van der Waals surface area contributed by atoms with Gasteiger partial charge in [-0.15, -0.1) is 0 Å². The molecule has 2 nitrogen and oxygen atoms in total. The molecule has 0 aliphatic heterocycles. The zero-order valence-corrected chi connectivity index (χ0v) is 16.2. The first-order chi connectivity index (χ1) is 13.9. The Labute approximate surface area is 167 Å². The summed E-state index contributed by atoms with van der Waals surface area (Å²) in [7, 11) is 0.